The van der Waals surface area contributed by atoms with Gasteiger partial charge in [0.05, 0.1) is 11.5 Å². The van der Waals surface area contributed by atoms with Crippen molar-refractivity contribution >= 4 is 27.4 Å². The minimum atomic E-state index is -2.93. The monoisotopic (exact) mass is 323 g/mol. The summed E-state index contributed by atoms with van der Waals surface area (Å²) in [5.41, 5.74) is 0.765. The van der Waals surface area contributed by atoms with Crippen molar-refractivity contribution in [2.24, 2.45) is 0 Å². The second-order valence-corrected chi connectivity index (χ2v) is 7.64. The molecule has 0 spiro atoms. The van der Waals surface area contributed by atoms with Crippen molar-refractivity contribution < 1.29 is 12.9 Å². The summed E-state index contributed by atoms with van der Waals surface area (Å²) in [7, 11) is -2.93. The van der Waals surface area contributed by atoms with Crippen LogP contribution in [0.2, 0.25) is 0 Å². The summed E-state index contributed by atoms with van der Waals surface area (Å²) in [5, 5.41) is 9.94. The van der Waals surface area contributed by atoms with E-state index in [4.69, 9.17) is 4.52 Å². The van der Waals surface area contributed by atoms with Crippen LogP contribution < -0.4 is 10.6 Å². The quantitative estimate of drug-likeness (QED) is 0.869. The van der Waals surface area contributed by atoms with Crippen molar-refractivity contribution in [3.63, 3.8) is 0 Å². The maximum atomic E-state index is 11.5. The van der Waals surface area contributed by atoms with Gasteiger partial charge in [-0.1, -0.05) is 5.16 Å². The first-order valence-corrected chi connectivity index (χ1v) is 8.75. The summed E-state index contributed by atoms with van der Waals surface area (Å²) in [4.78, 5) is 8.62. The van der Waals surface area contributed by atoms with Gasteiger partial charge in [0.25, 0.3) is 0 Å². The molecule has 1 unspecified atom stereocenters. The number of anilines is 3. The topological polar surface area (TPSA) is 110 Å². The Morgan fingerprint density at radius 3 is 2.68 bits per heavy atom. The Labute approximate surface area is 128 Å². The minimum absolute atomic E-state index is 0.110. The molecule has 1 aliphatic heterocycles. The van der Waals surface area contributed by atoms with Crippen LogP contribution in [0.3, 0.4) is 0 Å². The maximum Gasteiger partial charge on any atom is 0.230 e. The summed E-state index contributed by atoms with van der Waals surface area (Å²) in [6, 6.07) is 3.41. The Bertz CT molecular complexity index is 787. The van der Waals surface area contributed by atoms with Crippen LogP contribution in [0.1, 0.15) is 17.9 Å². The van der Waals surface area contributed by atoms with Crippen LogP contribution in [0.25, 0.3) is 0 Å². The fourth-order valence-corrected chi connectivity index (χ4v) is 4.03. The van der Waals surface area contributed by atoms with Crippen LogP contribution in [0, 0.1) is 13.8 Å². The van der Waals surface area contributed by atoms with E-state index in [0.717, 1.165) is 5.69 Å². The zero-order valence-corrected chi connectivity index (χ0v) is 13.1. The summed E-state index contributed by atoms with van der Waals surface area (Å²) >= 11 is 0. The van der Waals surface area contributed by atoms with Gasteiger partial charge in [-0.15, -0.1) is 0 Å². The molecule has 2 N–H and O–H groups in total. The molecule has 22 heavy (non-hydrogen) atoms. The molecule has 1 saturated heterocycles. The molecule has 0 aromatic carbocycles. The molecule has 118 valence electrons. The second-order valence-electron chi connectivity index (χ2n) is 5.41. The fraction of sp³-hybridized carbons (Fsp3) is 0.462. The minimum Gasteiger partial charge on any atom is -0.366 e. The van der Waals surface area contributed by atoms with Crippen LogP contribution in [-0.4, -0.2) is 41.1 Å². The number of nitrogens with one attached hydrogen (secondary N) is 2. The SMILES string of the molecule is Cc1cc(NC2CCS(=O)(=O)C2)nc(Nc2cc(C)on2)n1. The molecular formula is C13H17N5O3S. The molecule has 8 nitrogen and oxygen atoms in total. The van der Waals surface area contributed by atoms with Gasteiger partial charge in [-0.3, -0.25) is 0 Å². The van der Waals surface area contributed by atoms with E-state index in [1.54, 1.807) is 19.1 Å². The van der Waals surface area contributed by atoms with Crippen LogP contribution in [-0.2, 0) is 9.84 Å². The van der Waals surface area contributed by atoms with Crippen molar-refractivity contribution in [1.82, 2.24) is 15.1 Å². The molecule has 2 aromatic heterocycles. The predicted octanol–water partition coefficient (Wildman–Crippen LogP) is 1.42. The highest BCUT2D eigenvalue weighted by molar-refractivity contribution is 7.91. The molecule has 0 amide bonds. The molecule has 2 aromatic rings. The van der Waals surface area contributed by atoms with E-state index in [2.05, 4.69) is 25.8 Å². The third-order valence-corrected chi connectivity index (χ3v) is 5.07. The first kappa shape index (κ1) is 14.8. The van der Waals surface area contributed by atoms with Crippen molar-refractivity contribution in [2.45, 2.75) is 26.3 Å². The largest absolute Gasteiger partial charge is 0.366 e. The third kappa shape index (κ3) is 3.53. The number of hydrogen-bond donors (Lipinski definition) is 2. The van der Waals surface area contributed by atoms with Crippen molar-refractivity contribution in [3.8, 4) is 0 Å². The van der Waals surface area contributed by atoms with Crippen LogP contribution in [0.15, 0.2) is 16.7 Å². The number of sulfone groups is 1. The van der Waals surface area contributed by atoms with Crippen LogP contribution in [0.5, 0.6) is 0 Å². The molecule has 0 saturated carbocycles. The lowest BCUT2D eigenvalue weighted by molar-refractivity contribution is 0.400. The summed E-state index contributed by atoms with van der Waals surface area (Å²) in [6.07, 6.45) is 0.594. The van der Waals surface area contributed by atoms with E-state index in [1.807, 2.05) is 6.92 Å². The smallest absolute Gasteiger partial charge is 0.230 e. The highest BCUT2D eigenvalue weighted by Crippen LogP contribution is 2.19. The summed E-state index contributed by atoms with van der Waals surface area (Å²) in [5.74, 6) is 2.55. The Kier molecular flexibility index (Phi) is 3.73. The number of aryl methyl sites for hydroxylation is 2. The number of hydrogen-bond acceptors (Lipinski definition) is 8. The van der Waals surface area contributed by atoms with E-state index >= 15 is 0 Å². The third-order valence-electron chi connectivity index (χ3n) is 3.31. The normalized spacial score (nSPS) is 20.0. The van der Waals surface area contributed by atoms with E-state index < -0.39 is 9.84 Å². The number of aromatic nitrogens is 3. The van der Waals surface area contributed by atoms with Crippen molar-refractivity contribution in [2.75, 3.05) is 22.1 Å². The van der Waals surface area contributed by atoms with Gasteiger partial charge in [0, 0.05) is 23.9 Å². The molecule has 0 radical (unpaired) electrons. The first-order valence-electron chi connectivity index (χ1n) is 6.93. The van der Waals surface area contributed by atoms with Gasteiger partial charge in [0.15, 0.2) is 15.7 Å². The molecule has 1 fully saturated rings. The standard InChI is InChI=1S/C13H17N5O3S/c1-8-5-11(15-10-3-4-22(19,20)7-10)16-13(14-8)17-12-6-9(2)21-18-12/h5-6,10H,3-4,7H2,1-2H3,(H2,14,15,16,17,18). The Hall–Kier alpha value is -2.16. The Balaban J connectivity index is 1.75. The lowest BCUT2D eigenvalue weighted by Crippen LogP contribution is -2.21. The van der Waals surface area contributed by atoms with E-state index in [0.29, 0.717) is 29.8 Å². The number of nitrogens with zero attached hydrogens (tertiary/aromatic N) is 3. The highest BCUT2D eigenvalue weighted by atomic mass is 32.2. The molecule has 1 atom stereocenters. The van der Waals surface area contributed by atoms with Crippen molar-refractivity contribution in [3.05, 3.63) is 23.6 Å². The first-order chi connectivity index (χ1) is 10.4. The zero-order chi connectivity index (χ0) is 15.7. The van der Waals surface area contributed by atoms with Gasteiger partial charge in [0.1, 0.15) is 11.6 Å². The van der Waals surface area contributed by atoms with E-state index in [9.17, 15) is 8.42 Å². The highest BCUT2D eigenvalue weighted by Gasteiger charge is 2.28. The number of rotatable bonds is 4. The lowest BCUT2D eigenvalue weighted by Gasteiger charge is -2.13. The molecule has 0 aliphatic carbocycles. The Morgan fingerprint density at radius 2 is 2.05 bits per heavy atom. The van der Waals surface area contributed by atoms with Gasteiger partial charge in [0.2, 0.25) is 5.95 Å². The van der Waals surface area contributed by atoms with E-state index in [-0.39, 0.29) is 17.5 Å². The average molecular weight is 323 g/mol. The van der Waals surface area contributed by atoms with Crippen molar-refractivity contribution in [1.29, 1.82) is 0 Å². The summed E-state index contributed by atoms with van der Waals surface area (Å²) < 4.78 is 28.0. The molecule has 0 bridgehead atoms. The maximum absolute atomic E-state index is 11.5. The predicted molar refractivity (Wildman–Crippen MR) is 82.0 cm³/mol. The van der Waals surface area contributed by atoms with Gasteiger partial charge < -0.3 is 15.2 Å². The van der Waals surface area contributed by atoms with E-state index in [1.165, 1.54) is 0 Å². The molecule has 1 aliphatic rings. The molecule has 9 heteroatoms. The van der Waals surface area contributed by atoms with Crippen LogP contribution in [0.4, 0.5) is 17.6 Å². The van der Waals surface area contributed by atoms with Gasteiger partial charge in [-0.2, -0.15) is 4.98 Å². The summed E-state index contributed by atoms with van der Waals surface area (Å²) in [6.45, 7) is 3.64. The Morgan fingerprint density at radius 1 is 1.23 bits per heavy atom. The molecule has 3 rings (SSSR count). The van der Waals surface area contributed by atoms with Gasteiger partial charge in [-0.25, -0.2) is 13.4 Å². The van der Waals surface area contributed by atoms with Gasteiger partial charge >= 0.3 is 0 Å². The molecular weight excluding hydrogens is 306 g/mol. The van der Waals surface area contributed by atoms with Crippen LogP contribution >= 0.6 is 0 Å². The zero-order valence-electron chi connectivity index (χ0n) is 12.3. The fourth-order valence-electron chi connectivity index (χ4n) is 2.36. The average Bonchev–Trinajstić information content (AvgIpc) is 2.94. The second kappa shape index (κ2) is 5.56. The molecule has 3 heterocycles. The van der Waals surface area contributed by atoms with Gasteiger partial charge in [-0.05, 0) is 20.3 Å². The lowest BCUT2D eigenvalue weighted by atomic mass is 10.2.